The highest BCUT2D eigenvalue weighted by atomic mass is 16.2. The molecule has 168 valence electrons. The van der Waals surface area contributed by atoms with Crippen molar-refractivity contribution in [3.8, 4) is 11.4 Å². The highest BCUT2D eigenvalue weighted by Crippen LogP contribution is 2.20. The normalized spacial score (nSPS) is 14.2. The minimum Gasteiger partial charge on any atom is -0.352 e. The lowest BCUT2D eigenvalue weighted by Crippen LogP contribution is -2.43. The van der Waals surface area contributed by atoms with E-state index in [1.807, 2.05) is 48.5 Å². The second-order valence-corrected chi connectivity index (χ2v) is 8.41. The molecule has 1 saturated carbocycles. The second-order valence-electron chi connectivity index (χ2n) is 8.41. The van der Waals surface area contributed by atoms with E-state index in [4.69, 9.17) is 0 Å². The zero-order valence-corrected chi connectivity index (χ0v) is 18.3. The van der Waals surface area contributed by atoms with Crippen molar-refractivity contribution < 1.29 is 9.59 Å². The predicted molar refractivity (Wildman–Crippen MR) is 126 cm³/mol. The first-order chi connectivity index (χ1) is 15.7. The van der Waals surface area contributed by atoms with E-state index >= 15 is 0 Å². The Hall–Kier alpha value is -3.35. The van der Waals surface area contributed by atoms with Crippen molar-refractivity contribution >= 4 is 23.0 Å². The number of hydrogen-bond donors (Lipinski definition) is 4. The van der Waals surface area contributed by atoms with Crippen molar-refractivity contribution in [1.29, 1.82) is 0 Å². The minimum absolute atomic E-state index is 0.0131. The van der Waals surface area contributed by atoms with Crippen molar-refractivity contribution in [2.75, 3.05) is 6.54 Å². The number of carbonyl (C=O) groups is 2. The Morgan fingerprint density at radius 3 is 2.53 bits per heavy atom. The van der Waals surface area contributed by atoms with E-state index in [2.05, 4.69) is 25.9 Å². The molecule has 1 aromatic heterocycles. The van der Waals surface area contributed by atoms with Crippen LogP contribution >= 0.6 is 0 Å². The lowest BCUT2D eigenvalue weighted by atomic mass is 9.96. The molecular formula is C25H31N5O2. The van der Waals surface area contributed by atoms with Crippen molar-refractivity contribution in [2.45, 2.75) is 57.5 Å². The summed E-state index contributed by atoms with van der Waals surface area (Å²) in [5, 5.41) is 8.81. The van der Waals surface area contributed by atoms with E-state index in [9.17, 15) is 9.59 Å². The largest absolute Gasteiger partial charge is 0.352 e. The molecule has 2 aromatic carbocycles. The summed E-state index contributed by atoms with van der Waals surface area (Å²) in [7, 11) is 0. The van der Waals surface area contributed by atoms with Crippen LogP contribution in [0.5, 0.6) is 0 Å². The first kappa shape index (κ1) is 21.9. The molecular weight excluding hydrogens is 402 g/mol. The molecule has 7 heteroatoms. The van der Waals surface area contributed by atoms with Crippen LogP contribution in [0.15, 0.2) is 48.5 Å². The number of hydrogen-bond acceptors (Lipinski definition) is 3. The summed E-state index contributed by atoms with van der Waals surface area (Å²) in [4.78, 5) is 32.0. The minimum atomic E-state index is -0.123. The van der Waals surface area contributed by atoms with Gasteiger partial charge in [0.25, 0.3) is 0 Å². The highest BCUT2D eigenvalue weighted by molar-refractivity contribution is 5.79. The molecule has 4 N–H and O–H groups in total. The number of H-pyrrole nitrogens is 1. The summed E-state index contributed by atoms with van der Waals surface area (Å²) >= 11 is 0. The molecule has 0 bridgehead atoms. The number of aromatic amines is 1. The number of fused-ring (bicyclic) bond motifs is 1. The van der Waals surface area contributed by atoms with E-state index in [0.29, 0.717) is 32.0 Å². The number of rotatable bonds is 8. The van der Waals surface area contributed by atoms with Crippen LogP contribution in [0.1, 0.15) is 50.5 Å². The molecule has 7 nitrogen and oxygen atoms in total. The van der Waals surface area contributed by atoms with Crippen molar-refractivity contribution in [3.63, 3.8) is 0 Å². The maximum absolute atomic E-state index is 12.1. The van der Waals surface area contributed by atoms with Crippen LogP contribution in [-0.2, 0) is 11.3 Å². The van der Waals surface area contributed by atoms with Gasteiger partial charge in [0.1, 0.15) is 5.82 Å². The van der Waals surface area contributed by atoms with E-state index in [0.717, 1.165) is 40.8 Å². The average Bonchev–Trinajstić information content (AvgIpc) is 3.26. The monoisotopic (exact) mass is 433 g/mol. The summed E-state index contributed by atoms with van der Waals surface area (Å²) in [6.45, 7) is 0.979. The van der Waals surface area contributed by atoms with Crippen molar-refractivity contribution in [3.05, 3.63) is 54.1 Å². The highest BCUT2D eigenvalue weighted by Gasteiger charge is 2.15. The smallest absolute Gasteiger partial charge is 0.315 e. The standard InChI is InChI=1S/C25H31N5O2/c31-23(11-6-16-26-25(32)28-20-7-2-1-3-8-20)27-17-18-12-14-19(15-13-18)24-29-21-9-4-5-10-22(21)30-24/h4-5,9-10,12-15,20H,1-3,6-8,11,16-17H2,(H,27,31)(H,29,30)(H2,26,28,32). The molecule has 4 rings (SSSR count). The molecule has 3 aromatic rings. The first-order valence-corrected chi connectivity index (χ1v) is 11.5. The van der Waals surface area contributed by atoms with E-state index in [1.165, 1.54) is 19.3 Å². The fraction of sp³-hybridized carbons (Fsp3) is 0.400. The third-order valence-electron chi connectivity index (χ3n) is 5.91. The Labute approximate surface area is 188 Å². The third-order valence-corrected chi connectivity index (χ3v) is 5.91. The zero-order valence-electron chi connectivity index (χ0n) is 18.3. The summed E-state index contributed by atoms with van der Waals surface area (Å²) < 4.78 is 0. The zero-order chi connectivity index (χ0) is 22.2. The number of amides is 3. The van der Waals surface area contributed by atoms with Crippen LogP contribution in [0.2, 0.25) is 0 Å². The van der Waals surface area contributed by atoms with Gasteiger partial charge < -0.3 is 20.9 Å². The molecule has 0 unspecified atom stereocenters. The quantitative estimate of drug-likeness (QED) is 0.400. The summed E-state index contributed by atoms with van der Waals surface area (Å²) in [5.41, 5.74) is 4.00. The Bertz CT molecular complexity index is 1000. The Balaban J connectivity index is 1.14. The Morgan fingerprint density at radius 2 is 1.75 bits per heavy atom. The van der Waals surface area contributed by atoms with Crippen molar-refractivity contribution in [1.82, 2.24) is 25.9 Å². The topological polar surface area (TPSA) is 98.9 Å². The van der Waals surface area contributed by atoms with E-state index in [1.54, 1.807) is 0 Å². The molecule has 3 amide bonds. The van der Waals surface area contributed by atoms with Gasteiger partial charge in [0.05, 0.1) is 11.0 Å². The van der Waals surface area contributed by atoms with Gasteiger partial charge in [-0.3, -0.25) is 4.79 Å². The summed E-state index contributed by atoms with van der Waals surface area (Å²) in [6, 6.07) is 16.1. The molecule has 0 spiro atoms. The predicted octanol–water partition coefficient (Wildman–Crippen LogP) is 4.26. The van der Waals surface area contributed by atoms with Crippen molar-refractivity contribution in [2.24, 2.45) is 0 Å². The van der Waals surface area contributed by atoms with Gasteiger partial charge in [-0.05, 0) is 37.0 Å². The van der Waals surface area contributed by atoms with Gasteiger partial charge in [-0.2, -0.15) is 0 Å². The lowest BCUT2D eigenvalue weighted by Gasteiger charge is -2.22. The number of nitrogens with zero attached hydrogens (tertiary/aromatic N) is 1. The van der Waals surface area contributed by atoms with Crippen LogP contribution < -0.4 is 16.0 Å². The lowest BCUT2D eigenvalue weighted by molar-refractivity contribution is -0.121. The van der Waals surface area contributed by atoms with Gasteiger partial charge in [0.15, 0.2) is 0 Å². The molecule has 1 aliphatic carbocycles. The fourth-order valence-electron chi connectivity index (χ4n) is 4.09. The van der Waals surface area contributed by atoms with Gasteiger partial charge in [-0.1, -0.05) is 55.7 Å². The average molecular weight is 434 g/mol. The van der Waals surface area contributed by atoms with Crippen LogP contribution in [-0.4, -0.2) is 34.5 Å². The molecule has 0 aliphatic heterocycles. The molecule has 1 heterocycles. The maximum Gasteiger partial charge on any atom is 0.315 e. The first-order valence-electron chi connectivity index (χ1n) is 11.5. The fourth-order valence-corrected chi connectivity index (χ4v) is 4.09. The van der Waals surface area contributed by atoms with Crippen LogP contribution in [0.4, 0.5) is 4.79 Å². The number of nitrogens with one attached hydrogen (secondary N) is 4. The maximum atomic E-state index is 12.1. The van der Waals surface area contributed by atoms with E-state index < -0.39 is 0 Å². The van der Waals surface area contributed by atoms with Gasteiger partial charge in [-0.15, -0.1) is 0 Å². The number of carbonyl (C=O) groups excluding carboxylic acids is 2. The van der Waals surface area contributed by atoms with Crippen LogP contribution in [0, 0.1) is 0 Å². The van der Waals surface area contributed by atoms with E-state index in [-0.39, 0.29) is 11.9 Å². The third kappa shape index (κ3) is 6.09. The SMILES string of the molecule is O=C(CCCNC(=O)NC1CCCCC1)NCc1ccc(-c2nc3ccccc3[nH]2)cc1. The number of para-hydroxylation sites is 2. The summed E-state index contributed by atoms with van der Waals surface area (Å²) in [5.74, 6) is 0.822. The van der Waals surface area contributed by atoms with Gasteiger partial charge >= 0.3 is 6.03 Å². The number of aromatic nitrogens is 2. The van der Waals surface area contributed by atoms with Gasteiger partial charge in [0, 0.05) is 31.1 Å². The molecule has 0 atom stereocenters. The van der Waals surface area contributed by atoms with Crippen LogP contribution in [0.25, 0.3) is 22.4 Å². The number of urea groups is 1. The number of benzene rings is 2. The summed E-state index contributed by atoms with van der Waals surface area (Å²) in [6.07, 6.45) is 6.78. The molecule has 1 fully saturated rings. The van der Waals surface area contributed by atoms with Gasteiger partial charge in [0.2, 0.25) is 5.91 Å². The van der Waals surface area contributed by atoms with Gasteiger partial charge in [-0.25, -0.2) is 9.78 Å². The molecule has 0 saturated heterocycles. The second kappa shape index (κ2) is 10.8. The molecule has 32 heavy (non-hydrogen) atoms. The molecule has 0 radical (unpaired) electrons. The Morgan fingerprint density at radius 1 is 0.969 bits per heavy atom. The Kier molecular flexibility index (Phi) is 7.38. The molecule has 1 aliphatic rings. The van der Waals surface area contributed by atoms with Crippen LogP contribution in [0.3, 0.4) is 0 Å². The number of imidazole rings is 1.